The lowest BCUT2D eigenvalue weighted by Gasteiger charge is -2.46. The SMILES string of the molecule is Br.CC1(C)CC(n2nnc3cc(-c4cc(F)c(-c5cn[nH]c5)cc4O)nnc32)CC(C)(C)N1. The van der Waals surface area contributed by atoms with Crippen molar-refractivity contribution in [2.24, 2.45) is 0 Å². The highest BCUT2D eigenvalue weighted by molar-refractivity contribution is 8.93. The Morgan fingerprint density at radius 2 is 1.76 bits per heavy atom. The van der Waals surface area contributed by atoms with Crippen molar-refractivity contribution in [2.45, 2.75) is 57.7 Å². The van der Waals surface area contributed by atoms with Crippen LogP contribution in [0.25, 0.3) is 33.5 Å². The van der Waals surface area contributed by atoms with E-state index < -0.39 is 5.82 Å². The van der Waals surface area contributed by atoms with Gasteiger partial charge in [0.15, 0.2) is 0 Å². The van der Waals surface area contributed by atoms with Crippen LogP contribution < -0.4 is 5.32 Å². The molecule has 33 heavy (non-hydrogen) atoms. The van der Waals surface area contributed by atoms with Gasteiger partial charge in [0.1, 0.15) is 17.1 Å². The Bertz CT molecular complexity index is 1290. The number of H-pyrrole nitrogens is 1. The van der Waals surface area contributed by atoms with Crippen molar-refractivity contribution in [3.05, 3.63) is 36.4 Å². The molecule has 0 aliphatic carbocycles. The van der Waals surface area contributed by atoms with Gasteiger partial charge in [-0.3, -0.25) is 5.10 Å². The molecule has 4 heterocycles. The fraction of sp³-hybridized carbons (Fsp3) is 0.409. The summed E-state index contributed by atoms with van der Waals surface area (Å²) in [6.45, 7) is 8.70. The number of hydrogen-bond donors (Lipinski definition) is 3. The highest BCUT2D eigenvalue weighted by Gasteiger charge is 2.39. The lowest BCUT2D eigenvalue weighted by Crippen LogP contribution is -2.58. The van der Waals surface area contributed by atoms with Crippen LogP contribution in [0.5, 0.6) is 5.75 Å². The van der Waals surface area contributed by atoms with Crippen LogP contribution in [0, 0.1) is 5.82 Å². The zero-order chi connectivity index (χ0) is 22.7. The summed E-state index contributed by atoms with van der Waals surface area (Å²) in [5.74, 6) is -0.602. The fourth-order valence-corrected chi connectivity index (χ4v) is 4.96. The first-order valence-electron chi connectivity index (χ1n) is 10.5. The van der Waals surface area contributed by atoms with E-state index in [1.165, 1.54) is 18.3 Å². The standard InChI is InChI=1S/C22H25FN8O.BrH/c1-21(2)8-13(9-22(3,4)29-21)31-20-18(27-30-31)7-17(26-28-20)15-5-16(23)14(6-19(15)32)12-10-24-25-11-12;/h5-7,10-11,13,29,32H,8-9H2,1-4H3,(H,24,25);1H. The number of halogens is 2. The lowest BCUT2D eigenvalue weighted by atomic mass is 9.80. The number of piperidine rings is 1. The van der Waals surface area contributed by atoms with E-state index in [4.69, 9.17) is 0 Å². The van der Waals surface area contributed by atoms with Crippen molar-refractivity contribution >= 4 is 28.1 Å². The van der Waals surface area contributed by atoms with E-state index >= 15 is 0 Å². The number of benzene rings is 1. The number of aromatic hydroxyl groups is 1. The first-order valence-corrected chi connectivity index (χ1v) is 10.5. The minimum Gasteiger partial charge on any atom is -0.507 e. The molecule has 5 rings (SSSR count). The summed E-state index contributed by atoms with van der Waals surface area (Å²) >= 11 is 0. The lowest BCUT2D eigenvalue weighted by molar-refractivity contribution is 0.127. The Balaban J connectivity index is 0.00000259. The summed E-state index contributed by atoms with van der Waals surface area (Å²) in [6.07, 6.45) is 4.80. The molecule has 0 saturated carbocycles. The number of nitrogens with one attached hydrogen (secondary N) is 2. The minimum absolute atomic E-state index is 0. The van der Waals surface area contributed by atoms with Gasteiger partial charge in [-0.05, 0) is 58.7 Å². The number of fused-ring (bicyclic) bond motifs is 1. The molecule has 9 nitrogen and oxygen atoms in total. The molecule has 3 N–H and O–H groups in total. The number of rotatable bonds is 3. The van der Waals surface area contributed by atoms with Crippen molar-refractivity contribution < 1.29 is 9.50 Å². The topological polar surface area (TPSA) is 117 Å². The van der Waals surface area contributed by atoms with Crippen LogP contribution in [0.1, 0.15) is 46.6 Å². The van der Waals surface area contributed by atoms with Gasteiger partial charge in [-0.1, -0.05) is 5.21 Å². The average Bonchev–Trinajstić information content (AvgIpc) is 3.36. The Hall–Kier alpha value is -2.92. The molecule has 4 aromatic rings. The monoisotopic (exact) mass is 516 g/mol. The second-order valence-corrected chi connectivity index (χ2v) is 9.76. The van der Waals surface area contributed by atoms with Gasteiger partial charge >= 0.3 is 0 Å². The molecule has 0 radical (unpaired) electrons. The highest BCUT2D eigenvalue weighted by Crippen LogP contribution is 2.38. The van der Waals surface area contributed by atoms with Crippen molar-refractivity contribution in [1.29, 1.82) is 0 Å². The maximum atomic E-state index is 14.7. The maximum Gasteiger partial charge on any atom is 0.201 e. The van der Waals surface area contributed by atoms with Crippen molar-refractivity contribution in [1.82, 2.24) is 40.7 Å². The van der Waals surface area contributed by atoms with Gasteiger partial charge in [-0.25, -0.2) is 9.07 Å². The van der Waals surface area contributed by atoms with Crippen LogP contribution >= 0.6 is 17.0 Å². The van der Waals surface area contributed by atoms with Crippen molar-refractivity contribution in [3.8, 4) is 28.1 Å². The number of nitrogens with zero attached hydrogens (tertiary/aromatic N) is 6. The molecule has 11 heteroatoms. The third-order valence-electron chi connectivity index (χ3n) is 5.91. The van der Waals surface area contributed by atoms with E-state index in [0.717, 1.165) is 12.8 Å². The van der Waals surface area contributed by atoms with Crippen LogP contribution in [0.15, 0.2) is 30.6 Å². The average molecular weight is 517 g/mol. The summed E-state index contributed by atoms with van der Waals surface area (Å²) < 4.78 is 16.6. The Morgan fingerprint density at radius 1 is 1.03 bits per heavy atom. The van der Waals surface area contributed by atoms with Crippen LogP contribution in [0.2, 0.25) is 0 Å². The maximum absolute atomic E-state index is 14.7. The molecule has 0 unspecified atom stereocenters. The second-order valence-electron chi connectivity index (χ2n) is 9.76. The van der Waals surface area contributed by atoms with Gasteiger partial charge in [0.05, 0.1) is 17.9 Å². The van der Waals surface area contributed by atoms with Gasteiger partial charge < -0.3 is 10.4 Å². The van der Waals surface area contributed by atoms with Crippen LogP contribution in [0.3, 0.4) is 0 Å². The zero-order valence-corrected chi connectivity index (χ0v) is 20.5. The fourth-order valence-electron chi connectivity index (χ4n) is 4.96. The highest BCUT2D eigenvalue weighted by atomic mass is 79.9. The molecule has 1 aliphatic heterocycles. The molecule has 0 spiro atoms. The molecule has 0 atom stereocenters. The van der Waals surface area contributed by atoms with Crippen molar-refractivity contribution in [2.75, 3.05) is 0 Å². The Labute approximate surface area is 200 Å². The molecule has 1 fully saturated rings. The number of hydrogen-bond acceptors (Lipinski definition) is 7. The van der Waals surface area contributed by atoms with E-state index in [1.807, 2.05) is 4.68 Å². The first kappa shape index (κ1) is 23.2. The van der Waals surface area contributed by atoms with E-state index in [0.29, 0.717) is 22.4 Å². The predicted octanol–water partition coefficient (Wildman–Crippen LogP) is 4.18. The molecule has 0 bridgehead atoms. The molecule has 0 amide bonds. The molecule has 1 saturated heterocycles. The molecule has 174 valence electrons. The molecule has 1 aliphatic rings. The second kappa shape index (κ2) is 8.14. The summed E-state index contributed by atoms with van der Waals surface area (Å²) in [5.41, 5.74) is 2.35. The number of aromatic nitrogens is 7. The first-order chi connectivity index (χ1) is 15.1. The van der Waals surface area contributed by atoms with Crippen LogP contribution in [-0.4, -0.2) is 51.6 Å². The predicted molar refractivity (Wildman–Crippen MR) is 128 cm³/mol. The van der Waals surface area contributed by atoms with Crippen LogP contribution in [0.4, 0.5) is 4.39 Å². The Kier molecular flexibility index (Phi) is 5.73. The minimum atomic E-state index is -0.496. The van der Waals surface area contributed by atoms with Gasteiger partial charge in [-0.2, -0.15) is 5.10 Å². The number of phenolic OH excluding ortho intramolecular Hbond substituents is 1. The third kappa shape index (κ3) is 4.34. The normalized spacial score (nSPS) is 17.7. The summed E-state index contributed by atoms with van der Waals surface area (Å²) in [4.78, 5) is 0. The van der Waals surface area contributed by atoms with Gasteiger partial charge in [0.25, 0.3) is 0 Å². The summed E-state index contributed by atoms with van der Waals surface area (Å²) in [5, 5.41) is 37.9. The van der Waals surface area contributed by atoms with E-state index in [-0.39, 0.29) is 51.0 Å². The Morgan fingerprint density at radius 3 is 2.42 bits per heavy atom. The number of aromatic amines is 1. The smallest absolute Gasteiger partial charge is 0.201 e. The van der Waals surface area contributed by atoms with E-state index in [9.17, 15) is 9.50 Å². The summed E-state index contributed by atoms with van der Waals surface area (Å²) in [7, 11) is 0. The van der Waals surface area contributed by atoms with Crippen molar-refractivity contribution in [3.63, 3.8) is 0 Å². The number of phenols is 1. The molecule has 3 aromatic heterocycles. The largest absolute Gasteiger partial charge is 0.507 e. The third-order valence-corrected chi connectivity index (χ3v) is 5.91. The van der Waals surface area contributed by atoms with Gasteiger partial charge in [0.2, 0.25) is 5.65 Å². The molecular weight excluding hydrogens is 491 g/mol. The van der Waals surface area contributed by atoms with Gasteiger partial charge in [-0.15, -0.1) is 32.3 Å². The quantitative estimate of drug-likeness (QED) is 0.373. The molecule has 1 aromatic carbocycles. The zero-order valence-electron chi connectivity index (χ0n) is 18.8. The van der Waals surface area contributed by atoms with Gasteiger partial charge in [0, 0.05) is 34.0 Å². The summed E-state index contributed by atoms with van der Waals surface area (Å²) in [6, 6.07) is 4.40. The molecular formula is C22H26BrFN8O. The van der Waals surface area contributed by atoms with E-state index in [1.54, 1.807) is 12.3 Å². The van der Waals surface area contributed by atoms with E-state index in [2.05, 4.69) is 63.7 Å². The van der Waals surface area contributed by atoms with Crippen LogP contribution in [-0.2, 0) is 0 Å².